The first kappa shape index (κ1) is 13.9. The predicted molar refractivity (Wildman–Crippen MR) is 79.8 cm³/mol. The number of halogens is 1. The summed E-state index contributed by atoms with van der Waals surface area (Å²) in [4.78, 5) is 0. The van der Waals surface area contributed by atoms with E-state index in [0.29, 0.717) is 11.6 Å². The topological polar surface area (TPSA) is 35.2 Å². The Morgan fingerprint density at radius 2 is 1.63 bits per heavy atom. The van der Waals surface area contributed by atoms with Crippen LogP contribution in [0.4, 0.5) is 0 Å². The van der Waals surface area contributed by atoms with Crippen molar-refractivity contribution in [3.05, 3.63) is 64.2 Å². The van der Waals surface area contributed by atoms with Crippen LogP contribution in [0.15, 0.2) is 42.5 Å². The van der Waals surface area contributed by atoms with Gasteiger partial charge in [-0.3, -0.25) is 0 Å². The van der Waals surface area contributed by atoms with E-state index in [1.807, 2.05) is 56.3 Å². The molecule has 0 aliphatic rings. The second-order valence-electron chi connectivity index (χ2n) is 4.61. The van der Waals surface area contributed by atoms with E-state index in [1.165, 1.54) is 0 Å². The lowest BCUT2D eigenvalue weighted by Crippen LogP contribution is -2.19. The quantitative estimate of drug-likeness (QED) is 0.914. The van der Waals surface area contributed by atoms with Crippen molar-refractivity contribution < 1.29 is 4.74 Å². The fourth-order valence-electron chi connectivity index (χ4n) is 2.06. The van der Waals surface area contributed by atoms with E-state index in [4.69, 9.17) is 22.1 Å². The molecule has 2 aromatic carbocycles. The van der Waals surface area contributed by atoms with Gasteiger partial charge in [0.15, 0.2) is 0 Å². The van der Waals surface area contributed by atoms with Gasteiger partial charge in [0.05, 0.1) is 0 Å². The number of aryl methyl sites for hydroxylation is 2. The summed E-state index contributed by atoms with van der Waals surface area (Å²) < 4.78 is 6.08. The van der Waals surface area contributed by atoms with Crippen molar-refractivity contribution >= 4 is 11.6 Å². The van der Waals surface area contributed by atoms with Crippen LogP contribution >= 0.6 is 11.6 Å². The van der Waals surface area contributed by atoms with Gasteiger partial charge in [0.2, 0.25) is 0 Å². The number of ether oxygens (including phenoxy) is 1. The molecule has 3 heteroatoms. The smallest absolute Gasteiger partial charge is 0.136 e. The van der Waals surface area contributed by atoms with Crippen LogP contribution in [0.25, 0.3) is 0 Å². The first-order valence-corrected chi connectivity index (χ1v) is 6.68. The summed E-state index contributed by atoms with van der Waals surface area (Å²) in [5, 5.41) is 0.714. The van der Waals surface area contributed by atoms with E-state index >= 15 is 0 Å². The van der Waals surface area contributed by atoms with Crippen molar-refractivity contribution in [1.29, 1.82) is 0 Å². The third-order valence-electron chi connectivity index (χ3n) is 3.12. The zero-order valence-corrected chi connectivity index (χ0v) is 11.9. The second kappa shape index (κ2) is 6.09. The molecule has 0 aliphatic heterocycles. The number of hydrogen-bond acceptors (Lipinski definition) is 2. The summed E-state index contributed by atoms with van der Waals surface area (Å²) >= 11 is 5.90. The molecule has 1 atom stereocenters. The minimum atomic E-state index is -0.155. The zero-order valence-electron chi connectivity index (χ0n) is 11.2. The molecule has 0 saturated carbocycles. The predicted octanol–water partition coefficient (Wildman–Crippen LogP) is 4.04. The fraction of sp³-hybridized carbons (Fsp3) is 0.250. The largest absolute Gasteiger partial charge is 0.484 e. The monoisotopic (exact) mass is 275 g/mol. The first-order chi connectivity index (χ1) is 9.11. The Bertz CT molecular complexity index is 531. The number of rotatable bonds is 4. The third-order valence-corrected chi connectivity index (χ3v) is 3.38. The van der Waals surface area contributed by atoms with Gasteiger partial charge in [-0.2, -0.15) is 0 Å². The Hall–Kier alpha value is -1.51. The van der Waals surface area contributed by atoms with Crippen molar-refractivity contribution in [2.24, 2.45) is 5.73 Å². The van der Waals surface area contributed by atoms with E-state index in [1.54, 1.807) is 0 Å². The van der Waals surface area contributed by atoms with E-state index in [0.717, 1.165) is 22.4 Å². The molecule has 0 aromatic heterocycles. The van der Waals surface area contributed by atoms with E-state index < -0.39 is 0 Å². The van der Waals surface area contributed by atoms with Crippen LogP contribution in [0.2, 0.25) is 5.02 Å². The highest BCUT2D eigenvalue weighted by Gasteiger charge is 2.14. The van der Waals surface area contributed by atoms with Gasteiger partial charge in [-0.25, -0.2) is 0 Å². The van der Waals surface area contributed by atoms with Crippen LogP contribution in [-0.4, -0.2) is 6.54 Å². The standard InChI is InChI=1S/C16H18ClNO/c1-11-4-3-5-12(2)16(11)19-15(10-18)13-6-8-14(17)9-7-13/h3-9,15H,10,18H2,1-2H3. The van der Waals surface area contributed by atoms with Crippen molar-refractivity contribution in [3.8, 4) is 5.75 Å². The summed E-state index contributed by atoms with van der Waals surface area (Å²) in [6.07, 6.45) is -0.155. The number of nitrogens with two attached hydrogens (primary N) is 1. The van der Waals surface area contributed by atoms with Crippen molar-refractivity contribution in [2.45, 2.75) is 20.0 Å². The molecule has 2 aromatic rings. The molecule has 0 heterocycles. The molecular formula is C16H18ClNO. The summed E-state index contributed by atoms with van der Waals surface area (Å²) in [6, 6.07) is 13.7. The summed E-state index contributed by atoms with van der Waals surface area (Å²) in [7, 11) is 0. The summed E-state index contributed by atoms with van der Waals surface area (Å²) in [5.74, 6) is 0.910. The molecule has 100 valence electrons. The van der Waals surface area contributed by atoms with E-state index in [-0.39, 0.29) is 6.10 Å². The van der Waals surface area contributed by atoms with Crippen LogP contribution in [0.3, 0.4) is 0 Å². The molecule has 0 spiro atoms. The fourth-order valence-corrected chi connectivity index (χ4v) is 2.18. The van der Waals surface area contributed by atoms with Gasteiger partial charge in [-0.15, -0.1) is 0 Å². The zero-order chi connectivity index (χ0) is 13.8. The maximum atomic E-state index is 6.08. The lowest BCUT2D eigenvalue weighted by Gasteiger charge is -2.20. The minimum absolute atomic E-state index is 0.155. The molecule has 19 heavy (non-hydrogen) atoms. The molecular weight excluding hydrogens is 258 g/mol. The molecule has 0 bridgehead atoms. The molecule has 2 nitrogen and oxygen atoms in total. The highest BCUT2D eigenvalue weighted by atomic mass is 35.5. The van der Waals surface area contributed by atoms with Crippen molar-refractivity contribution in [1.82, 2.24) is 0 Å². The third kappa shape index (κ3) is 3.28. The normalized spacial score (nSPS) is 12.2. The Kier molecular flexibility index (Phi) is 4.46. The number of para-hydroxylation sites is 1. The van der Waals surface area contributed by atoms with Crippen molar-refractivity contribution in [3.63, 3.8) is 0 Å². The maximum absolute atomic E-state index is 6.08. The molecule has 2 N–H and O–H groups in total. The van der Waals surface area contributed by atoms with Gasteiger partial charge < -0.3 is 10.5 Å². The first-order valence-electron chi connectivity index (χ1n) is 6.30. The average molecular weight is 276 g/mol. The van der Waals surface area contributed by atoms with Gasteiger partial charge >= 0.3 is 0 Å². The minimum Gasteiger partial charge on any atom is -0.484 e. The Morgan fingerprint density at radius 3 is 2.16 bits per heavy atom. The lowest BCUT2D eigenvalue weighted by atomic mass is 10.1. The molecule has 0 saturated heterocycles. The Balaban J connectivity index is 2.26. The van der Waals surface area contributed by atoms with Gasteiger partial charge in [0, 0.05) is 11.6 Å². The van der Waals surface area contributed by atoms with Gasteiger partial charge in [-0.05, 0) is 42.7 Å². The highest BCUT2D eigenvalue weighted by molar-refractivity contribution is 6.30. The van der Waals surface area contributed by atoms with Gasteiger partial charge in [0.25, 0.3) is 0 Å². The Labute approximate surface area is 119 Å². The summed E-state index contributed by atoms with van der Waals surface area (Å²) in [5.41, 5.74) is 9.11. The average Bonchev–Trinajstić information content (AvgIpc) is 2.40. The maximum Gasteiger partial charge on any atom is 0.136 e. The SMILES string of the molecule is Cc1cccc(C)c1OC(CN)c1ccc(Cl)cc1. The molecule has 0 radical (unpaired) electrons. The van der Waals surface area contributed by atoms with Crippen LogP contribution in [0.5, 0.6) is 5.75 Å². The van der Waals surface area contributed by atoms with E-state index in [2.05, 4.69) is 0 Å². The van der Waals surface area contributed by atoms with Gasteiger partial charge in [0.1, 0.15) is 11.9 Å². The van der Waals surface area contributed by atoms with Crippen LogP contribution < -0.4 is 10.5 Å². The molecule has 0 amide bonds. The number of benzene rings is 2. The van der Waals surface area contributed by atoms with Gasteiger partial charge in [-0.1, -0.05) is 41.9 Å². The number of hydrogen-bond donors (Lipinski definition) is 1. The van der Waals surface area contributed by atoms with Crippen LogP contribution in [0, 0.1) is 13.8 Å². The highest BCUT2D eigenvalue weighted by Crippen LogP contribution is 2.28. The Morgan fingerprint density at radius 1 is 1.05 bits per heavy atom. The molecule has 1 unspecified atom stereocenters. The molecule has 2 rings (SSSR count). The van der Waals surface area contributed by atoms with Crippen LogP contribution in [0.1, 0.15) is 22.8 Å². The van der Waals surface area contributed by atoms with Crippen molar-refractivity contribution in [2.75, 3.05) is 6.54 Å². The van der Waals surface area contributed by atoms with Crippen LogP contribution in [-0.2, 0) is 0 Å². The van der Waals surface area contributed by atoms with E-state index in [9.17, 15) is 0 Å². The second-order valence-corrected chi connectivity index (χ2v) is 5.05. The lowest BCUT2D eigenvalue weighted by molar-refractivity contribution is 0.211. The molecule has 0 aliphatic carbocycles. The summed E-state index contributed by atoms with van der Waals surface area (Å²) in [6.45, 7) is 4.50. The molecule has 0 fully saturated rings.